The minimum atomic E-state index is -3.45. The summed E-state index contributed by atoms with van der Waals surface area (Å²) in [6, 6.07) is 5.75. The first-order valence-corrected chi connectivity index (χ1v) is 8.62. The van der Waals surface area contributed by atoms with Crippen LogP contribution in [0.5, 0.6) is 0 Å². The van der Waals surface area contributed by atoms with Gasteiger partial charge < -0.3 is 11.1 Å². The molecule has 1 fully saturated rings. The maximum absolute atomic E-state index is 11.8. The van der Waals surface area contributed by atoms with Crippen LogP contribution in [-0.2, 0) is 10.0 Å². The Labute approximate surface area is 126 Å². The van der Waals surface area contributed by atoms with Gasteiger partial charge in [-0.05, 0) is 52.1 Å². The fourth-order valence-electron chi connectivity index (χ4n) is 2.22. The van der Waals surface area contributed by atoms with E-state index in [0.717, 1.165) is 6.54 Å². The summed E-state index contributed by atoms with van der Waals surface area (Å²) in [6.07, 6.45) is 2.53. The molecule has 0 radical (unpaired) electrons. The summed E-state index contributed by atoms with van der Waals surface area (Å²) in [5, 5.41) is 3.25. The third kappa shape index (κ3) is 3.87. The summed E-state index contributed by atoms with van der Waals surface area (Å²) in [5.74, 6) is 0. The van der Waals surface area contributed by atoms with E-state index < -0.39 is 10.0 Å². The molecule has 1 aromatic carbocycles. The molecule has 0 bridgehead atoms. The third-order valence-corrected chi connectivity index (χ3v) is 5.42. The number of nitrogens with two attached hydrogens (primary N) is 1. The lowest BCUT2D eigenvalue weighted by atomic mass is 10.2. The fourth-order valence-corrected chi connectivity index (χ4v) is 2.97. The first-order chi connectivity index (χ1) is 9.85. The van der Waals surface area contributed by atoms with Gasteiger partial charge in [-0.25, -0.2) is 13.1 Å². The van der Waals surface area contributed by atoms with Crippen LogP contribution in [0.3, 0.4) is 0 Å². The average Bonchev–Trinajstić information content (AvgIpc) is 3.29. The maximum Gasteiger partial charge on any atom is 0.240 e. The number of nitrogens with zero attached hydrogens (tertiary/aromatic N) is 1. The van der Waals surface area contributed by atoms with Crippen molar-refractivity contribution in [2.45, 2.75) is 36.7 Å². The van der Waals surface area contributed by atoms with Gasteiger partial charge in [0, 0.05) is 18.6 Å². The lowest BCUT2D eigenvalue weighted by Crippen LogP contribution is -2.36. The van der Waals surface area contributed by atoms with Crippen LogP contribution < -0.4 is 15.8 Å². The Balaban J connectivity index is 2.07. The van der Waals surface area contributed by atoms with Gasteiger partial charge in [-0.2, -0.15) is 0 Å². The molecule has 1 unspecified atom stereocenters. The first kappa shape index (κ1) is 16.1. The van der Waals surface area contributed by atoms with Gasteiger partial charge in [0.25, 0.3) is 0 Å². The molecule has 0 spiro atoms. The van der Waals surface area contributed by atoms with Crippen LogP contribution in [0.15, 0.2) is 23.1 Å². The number of rotatable bonds is 7. The average molecular weight is 312 g/mol. The SMILES string of the molecule is CNS(=O)(=O)c1ccc(N)c(NCC(C)N(C)C2CC2)c1. The van der Waals surface area contributed by atoms with Gasteiger partial charge in [-0.1, -0.05) is 0 Å². The van der Waals surface area contributed by atoms with E-state index in [2.05, 4.69) is 28.9 Å². The molecular weight excluding hydrogens is 288 g/mol. The summed E-state index contributed by atoms with van der Waals surface area (Å²) in [6.45, 7) is 2.87. The summed E-state index contributed by atoms with van der Waals surface area (Å²) < 4.78 is 25.9. The number of hydrogen-bond acceptors (Lipinski definition) is 5. The molecule has 0 aliphatic heterocycles. The number of sulfonamides is 1. The predicted octanol–water partition coefficient (Wildman–Crippen LogP) is 1.07. The van der Waals surface area contributed by atoms with Gasteiger partial charge in [-0.3, -0.25) is 4.90 Å². The van der Waals surface area contributed by atoms with Crippen LogP contribution in [0.2, 0.25) is 0 Å². The molecule has 118 valence electrons. The third-order valence-electron chi connectivity index (χ3n) is 4.01. The first-order valence-electron chi connectivity index (χ1n) is 7.14. The molecule has 0 aromatic heterocycles. The van der Waals surface area contributed by atoms with Crippen LogP contribution in [0.4, 0.5) is 11.4 Å². The lowest BCUT2D eigenvalue weighted by Gasteiger charge is -2.25. The summed E-state index contributed by atoms with van der Waals surface area (Å²) in [4.78, 5) is 2.56. The molecule has 1 aliphatic rings. The minimum absolute atomic E-state index is 0.213. The number of anilines is 2. The normalized spacial score (nSPS) is 17.0. The van der Waals surface area contributed by atoms with Gasteiger partial charge in [0.1, 0.15) is 0 Å². The molecule has 7 heteroatoms. The zero-order chi connectivity index (χ0) is 15.6. The number of hydrogen-bond donors (Lipinski definition) is 3. The molecule has 4 N–H and O–H groups in total. The summed E-state index contributed by atoms with van der Waals surface area (Å²) in [7, 11) is 0.0628. The molecule has 1 aliphatic carbocycles. The monoisotopic (exact) mass is 312 g/mol. The van der Waals surface area contributed by atoms with E-state index in [4.69, 9.17) is 5.73 Å². The quantitative estimate of drug-likeness (QED) is 0.656. The van der Waals surface area contributed by atoms with Crippen LogP contribution in [0.1, 0.15) is 19.8 Å². The number of nitrogens with one attached hydrogen (secondary N) is 2. The molecule has 0 saturated heterocycles. The minimum Gasteiger partial charge on any atom is -0.397 e. The van der Waals surface area contributed by atoms with Crippen molar-refractivity contribution < 1.29 is 8.42 Å². The molecule has 1 saturated carbocycles. The highest BCUT2D eigenvalue weighted by atomic mass is 32.2. The Bertz CT molecular complexity index is 599. The van der Waals surface area contributed by atoms with Crippen LogP contribution >= 0.6 is 0 Å². The second-order valence-electron chi connectivity index (χ2n) is 5.58. The topological polar surface area (TPSA) is 87.5 Å². The van der Waals surface area contributed by atoms with Crippen molar-refractivity contribution in [3.63, 3.8) is 0 Å². The Morgan fingerprint density at radius 3 is 2.67 bits per heavy atom. The molecule has 1 atom stereocenters. The van der Waals surface area contributed by atoms with E-state index in [9.17, 15) is 8.42 Å². The standard InChI is InChI=1S/C14H24N4O2S/c1-10(18(3)11-4-5-11)9-17-14-8-12(6-7-13(14)15)21(19,20)16-2/h6-8,10-11,16-17H,4-5,9,15H2,1-3H3. The van der Waals surface area contributed by atoms with Crippen molar-refractivity contribution >= 4 is 21.4 Å². The van der Waals surface area contributed by atoms with Crippen molar-refractivity contribution in [2.24, 2.45) is 0 Å². The van der Waals surface area contributed by atoms with Crippen LogP contribution in [-0.4, -0.2) is 46.0 Å². The van der Waals surface area contributed by atoms with Gasteiger partial charge in [0.15, 0.2) is 0 Å². The molecule has 0 amide bonds. The molecule has 6 nitrogen and oxygen atoms in total. The molecular formula is C14H24N4O2S. The van der Waals surface area contributed by atoms with Crippen molar-refractivity contribution in [2.75, 3.05) is 31.7 Å². The highest BCUT2D eigenvalue weighted by molar-refractivity contribution is 7.89. The van der Waals surface area contributed by atoms with Gasteiger partial charge >= 0.3 is 0 Å². The lowest BCUT2D eigenvalue weighted by molar-refractivity contribution is 0.257. The molecule has 21 heavy (non-hydrogen) atoms. The van der Waals surface area contributed by atoms with E-state index in [1.165, 1.54) is 26.0 Å². The fraction of sp³-hybridized carbons (Fsp3) is 0.571. The van der Waals surface area contributed by atoms with Crippen molar-refractivity contribution in [1.29, 1.82) is 0 Å². The van der Waals surface area contributed by atoms with Crippen molar-refractivity contribution in [3.05, 3.63) is 18.2 Å². The maximum atomic E-state index is 11.8. The highest BCUT2D eigenvalue weighted by Crippen LogP contribution is 2.27. The Kier molecular flexibility index (Phi) is 4.75. The summed E-state index contributed by atoms with van der Waals surface area (Å²) in [5.41, 5.74) is 7.12. The van der Waals surface area contributed by atoms with Crippen molar-refractivity contribution in [3.8, 4) is 0 Å². The number of likely N-dealkylation sites (N-methyl/N-ethyl adjacent to an activating group) is 1. The van der Waals surface area contributed by atoms with Crippen LogP contribution in [0, 0.1) is 0 Å². The molecule has 2 rings (SSSR count). The Morgan fingerprint density at radius 1 is 1.43 bits per heavy atom. The zero-order valence-corrected chi connectivity index (χ0v) is 13.6. The molecule has 1 aromatic rings. The largest absolute Gasteiger partial charge is 0.397 e. The number of nitrogen functional groups attached to an aromatic ring is 1. The van der Waals surface area contributed by atoms with E-state index in [0.29, 0.717) is 23.5 Å². The zero-order valence-electron chi connectivity index (χ0n) is 12.8. The highest BCUT2D eigenvalue weighted by Gasteiger charge is 2.28. The van der Waals surface area contributed by atoms with Crippen LogP contribution in [0.25, 0.3) is 0 Å². The van der Waals surface area contributed by atoms with E-state index >= 15 is 0 Å². The smallest absolute Gasteiger partial charge is 0.240 e. The summed E-state index contributed by atoms with van der Waals surface area (Å²) >= 11 is 0. The second kappa shape index (κ2) is 6.21. The van der Waals surface area contributed by atoms with Crippen molar-refractivity contribution in [1.82, 2.24) is 9.62 Å². The van der Waals surface area contributed by atoms with Gasteiger partial charge in [0.05, 0.1) is 16.3 Å². The van der Waals surface area contributed by atoms with Gasteiger partial charge in [-0.15, -0.1) is 0 Å². The Hall–Kier alpha value is -1.31. The van der Waals surface area contributed by atoms with E-state index in [1.807, 2.05) is 0 Å². The van der Waals surface area contributed by atoms with E-state index in [1.54, 1.807) is 12.1 Å². The molecule has 0 heterocycles. The Morgan fingerprint density at radius 2 is 2.10 bits per heavy atom. The second-order valence-corrected chi connectivity index (χ2v) is 7.47. The van der Waals surface area contributed by atoms with Gasteiger partial charge in [0.2, 0.25) is 10.0 Å². The van der Waals surface area contributed by atoms with E-state index in [-0.39, 0.29) is 4.90 Å². The predicted molar refractivity (Wildman–Crippen MR) is 85.8 cm³/mol. The number of benzene rings is 1.